The number of hydrogen-bond donors (Lipinski definition) is 2. The predicted octanol–water partition coefficient (Wildman–Crippen LogP) is 2.62. The zero-order valence-electron chi connectivity index (χ0n) is 17.7. The van der Waals surface area contributed by atoms with Gasteiger partial charge in [0.25, 0.3) is 5.91 Å². The summed E-state index contributed by atoms with van der Waals surface area (Å²) in [5.74, 6) is -0.157. The van der Waals surface area contributed by atoms with Crippen LogP contribution in [0.25, 0.3) is 0 Å². The third-order valence-corrected chi connectivity index (χ3v) is 6.02. The number of nitrogens with one attached hydrogen (secondary N) is 2. The number of halogens is 1. The van der Waals surface area contributed by atoms with Gasteiger partial charge in [-0.3, -0.25) is 14.4 Å². The first-order chi connectivity index (χ1) is 14.2. The van der Waals surface area contributed by atoms with Crippen LogP contribution in [-0.2, 0) is 6.54 Å². The number of anilines is 1. The Morgan fingerprint density at radius 2 is 1.87 bits per heavy atom. The van der Waals surface area contributed by atoms with Crippen molar-refractivity contribution in [3.05, 3.63) is 47.8 Å². The molecule has 2 aliphatic heterocycles. The minimum absolute atomic E-state index is 0. The van der Waals surface area contributed by atoms with Gasteiger partial charge >= 0.3 is 0 Å². The second kappa shape index (κ2) is 10.9. The molecule has 8 heteroatoms. The van der Waals surface area contributed by atoms with Gasteiger partial charge in [-0.1, -0.05) is 19.1 Å². The van der Waals surface area contributed by atoms with Crippen LogP contribution < -0.4 is 10.6 Å². The van der Waals surface area contributed by atoms with Gasteiger partial charge in [0, 0.05) is 51.2 Å². The van der Waals surface area contributed by atoms with E-state index in [2.05, 4.69) is 44.6 Å². The van der Waals surface area contributed by atoms with E-state index >= 15 is 0 Å². The molecule has 4 rings (SSSR count). The Kier molecular flexibility index (Phi) is 8.27. The molecule has 30 heavy (non-hydrogen) atoms. The van der Waals surface area contributed by atoms with E-state index in [0.717, 1.165) is 70.9 Å². The Bertz CT molecular complexity index is 794. The first kappa shape index (κ1) is 22.7. The Balaban J connectivity index is 0.00000256. The summed E-state index contributed by atoms with van der Waals surface area (Å²) < 4.78 is 1.92. The van der Waals surface area contributed by atoms with Gasteiger partial charge in [0.2, 0.25) is 0 Å². The quantitative estimate of drug-likeness (QED) is 0.734. The Morgan fingerprint density at radius 1 is 1.13 bits per heavy atom. The van der Waals surface area contributed by atoms with E-state index in [1.807, 2.05) is 23.0 Å². The van der Waals surface area contributed by atoms with E-state index < -0.39 is 0 Å². The second-order valence-electron chi connectivity index (χ2n) is 8.04. The molecule has 164 valence electrons. The zero-order valence-corrected chi connectivity index (χ0v) is 18.5. The van der Waals surface area contributed by atoms with Gasteiger partial charge in [0.1, 0.15) is 0 Å². The lowest BCUT2D eigenvalue weighted by Crippen LogP contribution is -2.45. The number of aromatic nitrogens is 2. The number of piperazine rings is 1. The van der Waals surface area contributed by atoms with Crippen LogP contribution in [0, 0.1) is 0 Å². The molecule has 2 N–H and O–H groups in total. The minimum atomic E-state index is -0.157. The molecule has 2 aromatic rings. The third-order valence-electron chi connectivity index (χ3n) is 6.02. The molecule has 2 saturated heterocycles. The lowest BCUT2D eigenvalue weighted by Gasteiger charge is -2.34. The Labute approximate surface area is 185 Å². The molecule has 2 fully saturated rings. The summed E-state index contributed by atoms with van der Waals surface area (Å²) in [6, 6.07) is 10.3. The van der Waals surface area contributed by atoms with Crippen molar-refractivity contribution in [2.24, 2.45) is 0 Å². The summed E-state index contributed by atoms with van der Waals surface area (Å²) in [5, 5.41) is 10.8. The number of carbonyl (C=O) groups is 1. The molecule has 1 aromatic heterocycles. The number of piperidine rings is 1. The number of carbonyl (C=O) groups excluding carboxylic acids is 1. The molecule has 1 aromatic carbocycles. The van der Waals surface area contributed by atoms with E-state index in [4.69, 9.17) is 0 Å². The average molecular weight is 433 g/mol. The molecular formula is C22H33ClN6O. The largest absolute Gasteiger partial charge is 0.321 e. The van der Waals surface area contributed by atoms with E-state index in [0.29, 0.717) is 11.7 Å². The molecule has 1 amide bonds. The Morgan fingerprint density at radius 3 is 2.53 bits per heavy atom. The van der Waals surface area contributed by atoms with E-state index in [9.17, 15) is 4.79 Å². The maximum Gasteiger partial charge on any atom is 0.276 e. The van der Waals surface area contributed by atoms with Gasteiger partial charge in [-0.25, -0.2) is 0 Å². The molecule has 0 saturated carbocycles. The first-order valence-corrected chi connectivity index (χ1v) is 10.8. The number of amides is 1. The van der Waals surface area contributed by atoms with Crippen LogP contribution in [0.4, 0.5) is 5.69 Å². The smallest absolute Gasteiger partial charge is 0.276 e. The van der Waals surface area contributed by atoms with Crippen LogP contribution in [0.1, 0.15) is 41.9 Å². The number of hydrogen-bond acceptors (Lipinski definition) is 5. The molecule has 7 nitrogen and oxygen atoms in total. The first-order valence-electron chi connectivity index (χ1n) is 10.8. The van der Waals surface area contributed by atoms with Gasteiger partial charge in [-0.15, -0.1) is 12.4 Å². The van der Waals surface area contributed by atoms with Gasteiger partial charge in [-0.05, 0) is 49.7 Å². The highest BCUT2D eigenvalue weighted by atomic mass is 35.5. The highest BCUT2D eigenvalue weighted by molar-refractivity contribution is 6.02. The maximum atomic E-state index is 12.6. The molecule has 0 bridgehead atoms. The average Bonchev–Trinajstić information content (AvgIpc) is 3.27. The normalized spacial score (nSPS) is 20.5. The van der Waals surface area contributed by atoms with Crippen LogP contribution in [0.3, 0.4) is 0 Å². The molecule has 0 spiro atoms. The van der Waals surface area contributed by atoms with Crippen molar-refractivity contribution in [3.8, 4) is 0 Å². The number of nitrogens with zero attached hydrogens (tertiary/aromatic N) is 4. The number of rotatable bonds is 6. The maximum absolute atomic E-state index is 12.6. The number of benzene rings is 1. The van der Waals surface area contributed by atoms with Gasteiger partial charge < -0.3 is 15.5 Å². The fourth-order valence-corrected chi connectivity index (χ4v) is 4.13. The van der Waals surface area contributed by atoms with Gasteiger partial charge in [0.05, 0.1) is 6.04 Å². The second-order valence-corrected chi connectivity index (χ2v) is 8.04. The third kappa shape index (κ3) is 5.82. The van der Waals surface area contributed by atoms with E-state index in [1.54, 1.807) is 6.07 Å². The van der Waals surface area contributed by atoms with Crippen molar-refractivity contribution in [3.63, 3.8) is 0 Å². The minimum Gasteiger partial charge on any atom is -0.321 e. The molecule has 1 atom stereocenters. The Hall–Kier alpha value is -1.93. The molecule has 3 heterocycles. The van der Waals surface area contributed by atoms with E-state index in [-0.39, 0.29) is 18.3 Å². The van der Waals surface area contributed by atoms with Crippen molar-refractivity contribution in [2.45, 2.75) is 32.4 Å². The monoisotopic (exact) mass is 432 g/mol. The summed E-state index contributed by atoms with van der Waals surface area (Å²) in [4.78, 5) is 17.5. The van der Waals surface area contributed by atoms with Crippen LogP contribution in [0.15, 0.2) is 36.5 Å². The summed E-state index contributed by atoms with van der Waals surface area (Å²) in [7, 11) is 0. The van der Waals surface area contributed by atoms with Crippen LogP contribution >= 0.6 is 12.4 Å². The van der Waals surface area contributed by atoms with Crippen molar-refractivity contribution in [1.29, 1.82) is 0 Å². The van der Waals surface area contributed by atoms with Crippen molar-refractivity contribution in [2.75, 3.05) is 51.1 Å². The summed E-state index contributed by atoms with van der Waals surface area (Å²) >= 11 is 0. The van der Waals surface area contributed by atoms with Crippen LogP contribution in [0.2, 0.25) is 0 Å². The lowest BCUT2D eigenvalue weighted by atomic mass is 10.1. The van der Waals surface area contributed by atoms with Gasteiger partial charge in [0.15, 0.2) is 5.69 Å². The standard InChI is InChI=1S/C22H32N6O.ClH/c1-2-26-12-14-27(15-13-26)17-18-5-7-19(8-6-18)24-22(29)21-9-11-28(25-21)20-4-3-10-23-16-20;/h5-9,11,20,23H,2-4,10,12-17H2,1H3,(H,24,29);1H. The topological polar surface area (TPSA) is 65.4 Å². The van der Waals surface area contributed by atoms with Crippen molar-refractivity contribution >= 4 is 24.0 Å². The molecular weight excluding hydrogens is 400 g/mol. The molecule has 0 radical (unpaired) electrons. The van der Waals surface area contributed by atoms with Crippen LogP contribution in [-0.4, -0.2) is 71.3 Å². The molecule has 0 aliphatic carbocycles. The van der Waals surface area contributed by atoms with E-state index in [1.165, 1.54) is 5.56 Å². The predicted molar refractivity (Wildman–Crippen MR) is 122 cm³/mol. The van der Waals surface area contributed by atoms with Gasteiger partial charge in [-0.2, -0.15) is 5.10 Å². The van der Waals surface area contributed by atoms with Crippen molar-refractivity contribution < 1.29 is 4.79 Å². The SMILES string of the molecule is CCN1CCN(Cc2ccc(NC(=O)c3ccn(C4CCCNC4)n3)cc2)CC1.Cl. The lowest BCUT2D eigenvalue weighted by molar-refractivity contribution is 0.102. The summed E-state index contributed by atoms with van der Waals surface area (Å²) in [6.07, 6.45) is 4.16. The fraction of sp³-hybridized carbons (Fsp3) is 0.545. The number of likely N-dealkylation sites (N-methyl/N-ethyl adjacent to an activating group) is 1. The summed E-state index contributed by atoms with van der Waals surface area (Å²) in [5.41, 5.74) is 2.55. The summed E-state index contributed by atoms with van der Waals surface area (Å²) in [6.45, 7) is 10.8. The highest BCUT2D eigenvalue weighted by Crippen LogP contribution is 2.17. The zero-order chi connectivity index (χ0) is 20.1. The van der Waals surface area contributed by atoms with Crippen molar-refractivity contribution in [1.82, 2.24) is 24.9 Å². The highest BCUT2D eigenvalue weighted by Gasteiger charge is 2.18. The fourth-order valence-electron chi connectivity index (χ4n) is 4.13. The van der Waals surface area contributed by atoms with Crippen LogP contribution in [0.5, 0.6) is 0 Å². The molecule has 1 unspecified atom stereocenters. The molecule has 2 aliphatic rings.